The van der Waals surface area contributed by atoms with E-state index in [2.05, 4.69) is 19.2 Å². The van der Waals surface area contributed by atoms with E-state index in [-0.39, 0.29) is 18.2 Å². The van der Waals surface area contributed by atoms with E-state index >= 15 is 0 Å². The Morgan fingerprint density at radius 1 is 1.12 bits per heavy atom. The largest absolute Gasteiger partial charge is 0.497 e. The second-order valence-electron chi connectivity index (χ2n) is 7.06. The molecule has 1 aliphatic carbocycles. The summed E-state index contributed by atoms with van der Waals surface area (Å²) in [5, 5.41) is 3.46. The number of benzene rings is 1. The summed E-state index contributed by atoms with van der Waals surface area (Å²) < 4.78 is 5.13. The van der Waals surface area contributed by atoms with Crippen LogP contribution in [0.25, 0.3) is 0 Å². The molecule has 1 saturated heterocycles. The lowest BCUT2D eigenvalue weighted by Gasteiger charge is -2.36. The van der Waals surface area contributed by atoms with E-state index in [1.165, 1.54) is 17.7 Å². The number of ether oxygens (including phenoxy) is 1. The minimum atomic E-state index is -0.405. The summed E-state index contributed by atoms with van der Waals surface area (Å²) in [5.41, 5.74) is 0.611. The molecule has 0 radical (unpaired) electrons. The van der Waals surface area contributed by atoms with E-state index in [4.69, 9.17) is 4.74 Å². The van der Waals surface area contributed by atoms with Crippen molar-refractivity contribution in [1.82, 2.24) is 5.32 Å². The molecule has 1 saturated carbocycles. The highest BCUT2D eigenvalue weighted by atomic mass is 16.5. The second kappa shape index (κ2) is 6.93. The molecule has 5 nitrogen and oxygen atoms in total. The van der Waals surface area contributed by atoms with Gasteiger partial charge in [-0.3, -0.25) is 9.59 Å². The molecule has 5 heteroatoms. The molecular formula is C19H26N2O3. The molecule has 1 heterocycles. The number of hydrogen-bond donors (Lipinski definition) is 1. The van der Waals surface area contributed by atoms with Crippen LogP contribution in [0.15, 0.2) is 24.3 Å². The molecule has 130 valence electrons. The Morgan fingerprint density at radius 3 is 2.50 bits per heavy atom. The third kappa shape index (κ3) is 3.18. The number of nitrogens with one attached hydrogen (secondary N) is 1. The topological polar surface area (TPSA) is 58.6 Å². The van der Waals surface area contributed by atoms with Gasteiger partial charge in [0, 0.05) is 6.04 Å². The van der Waals surface area contributed by atoms with Crippen molar-refractivity contribution < 1.29 is 14.3 Å². The number of methoxy groups -OCH3 is 1. The number of rotatable bonds is 4. The van der Waals surface area contributed by atoms with Crippen molar-refractivity contribution in [2.24, 2.45) is 11.8 Å². The second-order valence-corrected chi connectivity index (χ2v) is 7.06. The van der Waals surface area contributed by atoms with Gasteiger partial charge in [0.25, 0.3) is 5.91 Å². The molecular weight excluding hydrogens is 304 g/mol. The monoisotopic (exact) mass is 330 g/mol. The summed E-state index contributed by atoms with van der Waals surface area (Å²) in [5.74, 6) is 1.60. The van der Waals surface area contributed by atoms with Gasteiger partial charge in [-0.15, -0.1) is 0 Å². The van der Waals surface area contributed by atoms with Crippen LogP contribution in [0, 0.1) is 11.8 Å². The molecule has 1 N–H and O–H groups in total. The fourth-order valence-corrected chi connectivity index (χ4v) is 3.84. The molecule has 1 aliphatic heterocycles. The van der Waals surface area contributed by atoms with Crippen LogP contribution in [0.3, 0.4) is 0 Å². The Labute approximate surface area is 143 Å². The summed E-state index contributed by atoms with van der Waals surface area (Å²) in [6, 6.07) is 6.94. The lowest BCUT2D eigenvalue weighted by molar-refractivity contribution is -0.121. The SMILES string of the molecule is COc1ccc(N2C(=O)C[C@@H](N[C@H]3CCC[C@@H](C)[C@H]3C)C2=O)cc1. The van der Waals surface area contributed by atoms with Crippen molar-refractivity contribution in [3.05, 3.63) is 24.3 Å². The lowest BCUT2D eigenvalue weighted by atomic mass is 9.78. The highest BCUT2D eigenvalue weighted by Crippen LogP contribution is 2.31. The zero-order valence-corrected chi connectivity index (χ0v) is 14.6. The molecule has 0 spiro atoms. The first-order valence-corrected chi connectivity index (χ1v) is 8.78. The number of anilines is 1. The van der Waals surface area contributed by atoms with Gasteiger partial charge >= 0.3 is 0 Å². The maximum Gasteiger partial charge on any atom is 0.251 e. The normalized spacial score (nSPS) is 30.7. The number of carbonyl (C=O) groups excluding carboxylic acids is 2. The molecule has 1 aromatic carbocycles. The molecule has 2 aliphatic rings. The zero-order chi connectivity index (χ0) is 17.3. The zero-order valence-electron chi connectivity index (χ0n) is 14.6. The molecule has 0 unspecified atom stereocenters. The fraction of sp³-hybridized carbons (Fsp3) is 0.579. The van der Waals surface area contributed by atoms with Crippen molar-refractivity contribution >= 4 is 17.5 Å². The summed E-state index contributed by atoms with van der Waals surface area (Å²) in [7, 11) is 1.59. The predicted molar refractivity (Wildman–Crippen MR) is 93.0 cm³/mol. The number of amides is 2. The maximum absolute atomic E-state index is 12.7. The van der Waals surface area contributed by atoms with E-state index in [0.717, 1.165) is 6.42 Å². The van der Waals surface area contributed by atoms with E-state index in [1.807, 2.05) is 0 Å². The Hall–Kier alpha value is -1.88. The lowest BCUT2D eigenvalue weighted by Crippen LogP contribution is -2.48. The first-order valence-electron chi connectivity index (χ1n) is 8.78. The summed E-state index contributed by atoms with van der Waals surface area (Å²) in [6.07, 6.45) is 3.74. The van der Waals surface area contributed by atoms with Crippen LogP contribution in [-0.4, -0.2) is 31.0 Å². The number of carbonyl (C=O) groups is 2. The van der Waals surface area contributed by atoms with Gasteiger partial charge in [-0.05, 0) is 42.5 Å². The molecule has 3 rings (SSSR count). The van der Waals surface area contributed by atoms with Crippen LogP contribution in [0.2, 0.25) is 0 Å². The molecule has 4 atom stereocenters. The van der Waals surface area contributed by atoms with E-state index < -0.39 is 6.04 Å². The fourth-order valence-electron chi connectivity index (χ4n) is 3.84. The van der Waals surface area contributed by atoms with Crippen molar-refractivity contribution in [2.45, 2.75) is 51.6 Å². The predicted octanol–water partition coefficient (Wildman–Crippen LogP) is 2.74. The number of hydrogen-bond acceptors (Lipinski definition) is 4. The minimum Gasteiger partial charge on any atom is -0.497 e. The summed E-state index contributed by atoms with van der Waals surface area (Å²) in [4.78, 5) is 26.4. The average Bonchev–Trinajstić information content (AvgIpc) is 2.86. The average molecular weight is 330 g/mol. The summed E-state index contributed by atoms with van der Waals surface area (Å²) >= 11 is 0. The third-order valence-electron chi connectivity index (χ3n) is 5.60. The van der Waals surface area contributed by atoms with Gasteiger partial charge < -0.3 is 10.1 Å². The Kier molecular flexibility index (Phi) is 4.90. The Bertz CT molecular complexity index is 614. The van der Waals surface area contributed by atoms with Gasteiger partial charge in [0.1, 0.15) is 5.75 Å². The van der Waals surface area contributed by atoms with Crippen LogP contribution in [0.5, 0.6) is 5.75 Å². The van der Waals surface area contributed by atoms with Crippen molar-refractivity contribution in [3.8, 4) is 5.75 Å². The van der Waals surface area contributed by atoms with Gasteiger partial charge in [-0.25, -0.2) is 4.90 Å². The van der Waals surface area contributed by atoms with Crippen LogP contribution >= 0.6 is 0 Å². The standard InChI is InChI=1S/C19H26N2O3/c1-12-5-4-6-16(13(12)2)20-17-11-18(22)21(19(17)23)14-7-9-15(24-3)10-8-14/h7-10,12-13,16-17,20H,4-6,11H2,1-3H3/t12-,13-,16+,17-/m1/s1. The van der Waals surface area contributed by atoms with Crippen LogP contribution in [-0.2, 0) is 9.59 Å². The molecule has 24 heavy (non-hydrogen) atoms. The first-order chi connectivity index (χ1) is 11.5. The summed E-state index contributed by atoms with van der Waals surface area (Å²) in [6.45, 7) is 4.51. The van der Waals surface area contributed by atoms with Gasteiger partial charge in [-0.1, -0.05) is 26.7 Å². The van der Waals surface area contributed by atoms with Gasteiger partial charge in [0.15, 0.2) is 0 Å². The van der Waals surface area contributed by atoms with E-state index in [9.17, 15) is 9.59 Å². The molecule has 1 aromatic rings. The van der Waals surface area contributed by atoms with Crippen LogP contribution in [0.4, 0.5) is 5.69 Å². The van der Waals surface area contributed by atoms with Crippen molar-refractivity contribution in [2.75, 3.05) is 12.0 Å². The third-order valence-corrected chi connectivity index (χ3v) is 5.60. The first kappa shape index (κ1) is 17.0. The van der Waals surface area contributed by atoms with Crippen molar-refractivity contribution in [1.29, 1.82) is 0 Å². The molecule has 0 aromatic heterocycles. The number of imide groups is 1. The Balaban J connectivity index is 1.71. The van der Waals surface area contributed by atoms with Crippen molar-refractivity contribution in [3.63, 3.8) is 0 Å². The van der Waals surface area contributed by atoms with E-state index in [0.29, 0.717) is 29.3 Å². The molecule has 2 amide bonds. The number of nitrogens with zero attached hydrogens (tertiary/aromatic N) is 1. The molecule has 2 fully saturated rings. The smallest absolute Gasteiger partial charge is 0.251 e. The molecule has 0 bridgehead atoms. The van der Waals surface area contributed by atoms with Gasteiger partial charge in [0.2, 0.25) is 5.91 Å². The highest BCUT2D eigenvalue weighted by molar-refractivity contribution is 6.22. The van der Waals surface area contributed by atoms with Gasteiger partial charge in [-0.2, -0.15) is 0 Å². The van der Waals surface area contributed by atoms with Crippen LogP contribution in [0.1, 0.15) is 39.5 Å². The van der Waals surface area contributed by atoms with Crippen LogP contribution < -0.4 is 15.0 Å². The minimum absolute atomic E-state index is 0.140. The van der Waals surface area contributed by atoms with E-state index in [1.54, 1.807) is 31.4 Å². The highest BCUT2D eigenvalue weighted by Gasteiger charge is 2.41. The maximum atomic E-state index is 12.7. The Morgan fingerprint density at radius 2 is 1.83 bits per heavy atom. The van der Waals surface area contributed by atoms with Gasteiger partial charge in [0.05, 0.1) is 25.3 Å². The quantitative estimate of drug-likeness (QED) is 0.863.